The molecule has 0 radical (unpaired) electrons. The molecule has 7 rings (SSSR count). The van der Waals surface area contributed by atoms with E-state index in [-0.39, 0.29) is 5.91 Å². The average molecular weight is 479 g/mol. The number of nitrogens with zero attached hydrogens (tertiary/aromatic N) is 4. The van der Waals surface area contributed by atoms with Crippen LogP contribution in [0.2, 0.25) is 0 Å². The minimum absolute atomic E-state index is 0.148. The summed E-state index contributed by atoms with van der Waals surface area (Å²) in [7, 11) is 0. The van der Waals surface area contributed by atoms with Crippen molar-refractivity contribution in [3.63, 3.8) is 0 Å². The summed E-state index contributed by atoms with van der Waals surface area (Å²) >= 11 is 0. The topological polar surface area (TPSA) is 67.1 Å². The zero-order valence-electron chi connectivity index (χ0n) is 20.6. The molecule has 8 heteroatoms. The largest absolute Gasteiger partial charge is 0.379 e. The second-order valence-corrected chi connectivity index (χ2v) is 11.3. The summed E-state index contributed by atoms with van der Waals surface area (Å²) in [5, 5.41) is 3.66. The highest BCUT2D eigenvalue weighted by atomic mass is 16.5. The van der Waals surface area contributed by atoms with Crippen LogP contribution in [0, 0.1) is 5.92 Å². The Morgan fingerprint density at radius 1 is 1.03 bits per heavy atom. The number of aromatic amines is 1. The number of rotatable bonds is 4. The molecule has 1 amide bonds. The zero-order valence-corrected chi connectivity index (χ0v) is 20.6. The Bertz CT molecular complexity index is 1040. The van der Waals surface area contributed by atoms with E-state index < -0.39 is 0 Å². The third-order valence-electron chi connectivity index (χ3n) is 9.45. The molecule has 1 spiro atoms. The molecule has 5 heterocycles. The summed E-state index contributed by atoms with van der Waals surface area (Å²) in [4.78, 5) is 24.3. The predicted octanol–water partition coefficient (Wildman–Crippen LogP) is 1.76. The molecule has 1 aromatic carbocycles. The fraction of sp³-hybridized carbons (Fsp3) is 0.667. The summed E-state index contributed by atoms with van der Waals surface area (Å²) in [6, 6.07) is 11.1. The quantitative estimate of drug-likeness (QED) is 0.698. The number of hydrazine groups is 1. The third-order valence-corrected chi connectivity index (χ3v) is 9.45. The lowest BCUT2D eigenvalue weighted by atomic mass is 9.87. The van der Waals surface area contributed by atoms with Crippen molar-refractivity contribution in [1.82, 2.24) is 30.1 Å². The smallest absolute Gasteiger partial charge is 0.270 e. The van der Waals surface area contributed by atoms with Crippen molar-refractivity contribution in [3.8, 4) is 0 Å². The van der Waals surface area contributed by atoms with Crippen LogP contribution in [0.4, 0.5) is 0 Å². The van der Waals surface area contributed by atoms with Crippen molar-refractivity contribution in [1.29, 1.82) is 0 Å². The first-order chi connectivity index (χ1) is 17.2. The Morgan fingerprint density at radius 3 is 2.71 bits per heavy atom. The fourth-order valence-electron chi connectivity index (χ4n) is 7.11. The van der Waals surface area contributed by atoms with Crippen LogP contribution in [0.3, 0.4) is 0 Å². The van der Waals surface area contributed by atoms with Crippen LogP contribution in [0.15, 0.2) is 30.3 Å². The number of likely N-dealkylation sites (tertiary alicyclic amines) is 1. The molecule has 2 N–H and O–H groups in total. The molecule has 5 aliphatic rings. The van der Waals surface area contributed by atoms with Gasteiger partial charge in [0.25, 0.3) is 5.91 Å². The first-order valence-corrected chi connectivity index (χ1v) is 13.6. The lowest BCUT2D eigenvalue weighted by molar-refractivity contribution is 0.0279. The van der Waals surface area contributed by atoms with Gasteiger partial charge in [-0.25, -0.2) is 5.01 Å². The van der Waals surface area contributed by atoms with Crippen molar-refractivity contribution in [2.45, 2.75) is 43.3 Å². The summed E-state index contributed by atoms with van der Waals surface area (Å²) in [5.41, 5.74) is 6.06. The van der Waals surface area contributed by atoms with Crippen LogP contribution >= 0.6 is 0 Å². The molecule has 2 aromatic rings. The maximum Gasteiger partial charge on any atom is 0.270 e. The minimum atomic E-state index is 0.148. The van der Waals surface area contributed by atoms with Crippen LogP contribution in [0.5, 0.6) is 0 Å². The Hall–Kier alpha value is -1.97. The maximum absolute atomic E-state index is 13.5. The van der Waals surface area contributed by atoms with Gasteiger partial charge in [0.15, 0.2) is 0 Å². The molecule has 1 saturated carbocycles. The third kappa shape index (κ3) is 4.09. The SMILES string of the molecule is O=C(c1cc2ccccc2[nH]1)N1CCC2NN3CCC4(CC4)N(CCN4CCOCC4)CC3C2C1. The number of nitrogens with one attached hydrogen (secondary N) is 2. The van der Waals surface area contributed by atoms with Crippen molar-refractivity contribution < 1.29 is 9.53 Å². The van der Waals surface area contributed by atoms with E-state index >= 15 is 0 Å². The number of morpholine rings is 1. The van der Waals surface area contributed by atoms with Crippen LogP contribution in [0.25, 0.3) is 10.9 Å². The Kier molecular flexibility index (Phi) is 5.63. The average Bonchev–Trinajstić information content (AvgIpc) is 3.47. The van der Waals surface area contributed by atoms with E-state index in [0.717, 1.165) is 88.6 Å². The molecule has 3 unspecified atom stereocenters. The van der Waals surface area contributed by atoms with E-state index in [1.165, 1.54) is 19.3 Å². The molecule has 4 aliphatic heterocycles. The fourth-order valence-corrected chi connectivity index (χ4v) is 7.11. The number of hydrogen-bond donors (Lipinski definition) is 2. The lowest BCUT2D eigenvalue weighted by Crippen LogP contribution is -2.52. The van der Waals surface area contributed by atoms with Crippen molar-refractivity contribution >= 4 is 16.8 Å². The number of H-pyrrole nitrogens is 1. The van der Waals surface area contributed by atoms with Gasteiger partial charge >= 0.3 is 0 Å². The number of carbonyl (C=O) groups is 1. The number of carbonyl (C=O) groups excluding carboxylic acids is 1. The second kappa shape index (κ2) is 8.85. The molecule has 5 fully saturated rings. The van der Waals surface area contributed by atoms with Gasteiger partial charge < -0.3 is 14.6 Å². The Labute approximate surface area is 207 Å². The molecule has 188 valence electrons. The van der Waals surface area contributed by atoms with E-state index in [0.29, 0.717) is 23.5 Å². The predicted molar refractivity (Wildman–Crippen MR) is 135 cm³/mol. The van der Waals surface area contributed by atoms with Gasteiger partial charge in [0, 0.05) is 86.8 Å². The molecular weight excluding hydrogens is 440 g/mol. The lowest BCUT2D eigenvalue weighted by Gasteiger charge is -2.39. The van der Waals surface area contributed by atoms with Gasteiger partial charge in [0.2, 0.25) is 0 Å². The first kappa shape index (κ1) is 22.2. The molecule has 4 saturated heterocycles. The number of ether oxygens (including phenoxy) is 1. The van der Waals surface area contributed by atoms with Gasteiger partial charge in [-0.15, -0.1) is 0 Å². The molecule has 1 aliphatic carbocycles. The number of fused-ring (bicyclic) bond motifs is 4. The molecular formula is C27H38N6O2. The van der Waals surface area contributed by atoms with Crippen LogP contribution in [-0.2, 0) is 4.74 Å². The van der Waals surface area contributed by atoms with E-state index in [1.54, 1.807) is 0 Å². The van der Waals surface area contributed by atoms with E-state index in [4.69, 9.17) is 4.74 Å². The van der Waals surface area contributed by atoms with Gasteiger partial charge in [-0.05, 0) is 37.8 Å². The van der Waals surface area contributed by atoms with Gasteiger partial charge in [-0.1, -0.05) is 18.2 Å². The van der Waals surface area contributed by atoms with Gasteiger partial charge in [0.05, 0.1) is 13.2 Å². The highest BCUT2D eigenvalue weighted by Crippen LogP contribution is 2.48. The van der Waals surface area contributed by atoms with E-state index in [9.17, 15) is 4.79 Å². The Morgan fingerprint density at radius 2 is 1.89 bits per heavy atom. The summed E-state index contributed by atoms with van der Waals surface area (Å²) in [6.45, 7) is 10.1. The summed E-state index contributed by atoms with van der Waals surface area (Å²) in [6.07, 6.45) is 4.98. The highest BCUT2D eigenvalue weighted by Gasteiger charge is 2.54. The minimum Gasteiger partial charge on any atom is -0.379 e. The molecule has 8 nitrogen and oxygen atoms in total. The van der Waals surface area contributed by atoms with Crippen molar-refractivity contribution in [2.75, 3.05) is 65.6 Å². The van der Waals surface area contributed by atoms with E-state index in [1.807, 2.05) is 24.3 Å². The molecule has 0 bridgehead atoms. The Balaban J connectivity index is 1.06. The van der Waals surface area contributed by atoms with Crippen molar-refractivity contribution in [3.05, 3.63) is 36.0 Å². The molecule has 35 heavy (non-hydrogen) atoms. The zero-order chi connectivity index (χ0) is 23.4. The van der Waals surface area contributed by atoms with Crippen molar-refractivity contribution in [2.24, 2.45) is 5.92 Å². The van der Waals surface area contributed by atoms with Crippen LogP contribution in [-0.4, -0.2) is 114 Å². The number of hydrogen-bond acceptors (Lipinski definition) is 6. The monoisotopic (exact) mass is 478 g/mol. The number of benzene rings is 1. The second-order valence-electron chi connectivity index (χ2n) is 11.3. The first-order valence-electron chi connectivity index (χ1n) is 13.6. The van der Waals surface area contributed by atoms with E-state index in [2.05, 4.69) is 36.2 Å². The van der Waals surface area contributed by atoms with Crippen LogP contribution in [0.1, 0.15) is 36.2 Å². The number of amides is 1. The summed E-state index contributed by atoms with van der Waals surface area (Å²) < 4.78 is 5.55. The van der Waals surface area contributed by atoms with Gasteiger partial charge in [0.1, 0.15) is 5.69 Å². The number of para-hydroxylation sites is 1. The van der Waals surface area contributed by atoms with Crippen LogP contribution < -0.4 is 5.43 Å². The number of piperidine rings is 1. The standard InChI is InChI=1S/C27H38N6O2/c34-26(24-17-20-3-1-2-4-22(20)28-24)31-9-5-23-21(18-31)25-19-32(12-11-30-13-15-35-16-14-30)27(6-7-27)8-10-33(25)29-23/h1-4,17,21,23,25,28-29H,5-16,18-19H2. The molecule has 3 atom stereocenters. The highest BCUT2D eigenvalue weighted by molar-refractivity contribution is 5.98. The van der Waals surface area contributed by atoms with Gasteiger partial charge in [-0.3, -0.25) is 20.0 Å². The number of aromatic nitrogens is 1. The van der Waals surface area contributed by atoms with Gasteiger partial charge in [-0.2, -0.15) is 0 Å². The molecule has 1 aromatic heterocycles. The summed E-state index contributed by atoms with van der Waals surface area (Å²) in [5.74, 6) is 0.631. The normalized spacial score (nSPS) is 31.4. The maximum atomic E-state index is 13.5.